The van der Waals surface area contributed by atoms with Gasteiger partial charge in [0.25, 0.3) is 0 Å². The first-order chi connectivity index (χ1) is 7.67. The van der Waals surface area contributed by atoms with Gasteiger partial charge in [-0.1, -0.05) is 18.5 Å². The summed E-state index contributed by atoms with van der Waals surface area (Å²) in [6.45, 7) is 2.04. The Hall–Kier alpha value is -0.970. The lowest BCUT2D eigenvalue weighted by molar-refractivity contribution is 0.354. The van der Waals surface area contributed by atoms with E-state index < -0.39 is 0 Å². The van der Waals surface area contributed by atoms with Crippen LogP contribution in [-0.2, 0) is 0 Å². The third-order valence-corrected chi connectivity index (χ3v) is 2.75. The molecule has 16 heavy (non-hydrogen) atoms. The number of ether oxygens (including phenoxy) is 2. The summed E-state index contributed by atoms with van der Waals surface area (Å²) in [7, 11) is 3.14. The van der Waals surface area contributed by atoms with E-state index in [4.69, 9.17) is 26.9 Å². The molecule has 1 rings (SSSR count). The minimum absolute atomic E-state index is 0.0531. The smallest absolute Gasteiger partial charge is 0.179 e. The molecule has 0 amide bonds. The lowest BCUT2D eigenvalue weighted by Gasteiger charge is -2.17. The molecule has 90 valence electrons. The summed E-state index contributed by atoms with van der Waals surface area (Å²) in [5.74, 6) is 6.61. The molecule has 0 saturated heterocycles. The maximum Gasteiger partial charge on any atom is 0.179 e. The fraction of sp³-hybridized carbons (Fsp3) is 0.455. The van der Waals surface area contributed by atoms with E-state index in [2.05, 4.69) is 5.43 Å². The summed E-state index contributed by atoms with van der Waals surface area (Å²) in [4.78, 5) is 0. The molecule has 4 nitrogen and oxygen atoms in total. The Balaban J connectivity index is 3.19. The van der Waals surface area contributed by atoms with Crippen molar-refractivity contribution in [3.05, 3.63) is 22.7 Å². The van der Waals surface area contributed by atoms with Gasteiger partial charge in [0.1, 0.15) is 0 Å². The Morgan fingerprint density at radius 2 is 2.06 bits per heavy atom. The van der Waals surface area contributed by atoms with Crippen molar-refractivity contribution in [3.8, 4) is 11.5 Å². The lowest BCUT2D eigenvalue weighted by Crippen LogP contribution is -2.27. The van der Waals surface area contributed by atoms with E-state index in [-0.39, 0.29) is 6.04 Å². The Labute approximate surface area is 101 Å². The van der Waals surface area contributed by atoms with E-state index in [9.17, 15) is 0 Å². The predicted octanol–water partition coefficient (Wildman–Crippen LogP) is 2.27. The first-order valence-corrected chi connectivity index (χ1v) is 5.43. The molecular weight excluding hydrogens is 228 g/mol. The van der Waals surface area contributed by atoms with Gasteiger partial charge >= 0.3 is 0 Å². The maximum atomic E-state index is 6.10. The highest BCUT2D eigenvalue weighted by atomic mass is 35.5. The molecule has 0 bridgehead atoms. The van der Waals surface area contributed by atoms with Crippen molar-refractivity contribution in [2.24, 2.45) is 5.84 Å². The number of nitrogens with two attached hydrogens (primary N) is 1. The predicted molar refractivity (Wildman–Crippen MR) is 64.9 cm³/mol. The summed E-state index contributed by atoms with van der Waals surface area (Å²) in [5.41, 5.74) is 3.71. The zero-order valence-corrected chi connectivity index (χ0v) is 10.5. The van der Waals surface area contributed by atoms with Gasteiger partial charge < -0.3 is 9.47 Å². The number of hydrogen-bond acceptors (Lipinski definition) is 4. The second-order valence-corrected chi connectivity index (χ2v) is 3.77. The van der Waals surface area contributed by atoms with E-state index in [1.165, 1.54) is 0 Å². The van der Waals surface area contributed by atoms with Crippen LogP contribution in [0.3, 0.4) is 0 Å². The minimum Gasteiger partial charge on any atom is -0.493 e. The van der Waals surface area contributed by atoms with Gasteiger partial charge in [-0.3, -0.25) is 11.3 Å². The van der Waals surface area contributed by atoms with Crippen molar-refractivity contribution in [1.29, 1.82) is 0 Å². The largest absolute Gasteiger partial charge is 0.493 e. The first-order valence-electron chi connectivity index (χ1n) is 5.05. The number of rotatable bonds is 5. The van der Waals surface area contributed by atoms with Crippen LogP contribution in [0.15, 0.2) is 12.1 Å². The quantitative estimate of drug-likeness (QED) is 0.616. The van der Waals surface area contributed by atoms with Crippen molar-refractivity contribution in [1.82, 2.24) is 5.43 Å². The molecular formula is C11H17ClN2O2. The van der Waals surface area contributed by atoms with Crippen LogP contribution < -0.4 is 20.7 Å². The molecule has 3 N–H and O–H groups in total. The number of halogens is 1. The van der Waals surface area contributed by atoms with Crippen LogP contribution in [0.2, 0.25) is 5.02 Å². The monoisotopic (exact) mass is 244 g/mol. The average Bonchev–Trinajstić information content (AvgIpc) is 2.29. The second-order valence-electron chi connectivity index (χ2n) is 3.37. The van der Waals surface area contributed by atoms with E-state index in [0.717, 1.165) is 12.0 Å². The van der Waals surface area contributed by atoms with Crippen LogP contribution in [0.25, 0.3) is 0 Å². The fourth-order valence-corrected chi connectivity index (χ4v) is 1.89. The molecule has 0 spiro atoms. The first kappa shape index (κ1) is 13.1. The topological polar surface area (TPSA) is 56.5 Å². The number of nitrogens with one attached hydrogen (secondary N) is 1. The van der Waals surface area contributed by atoms with E-state index in [1.807, 2.05) is 19.1 Å². The van der Waals surface area contributed by atoms with E-state index >= 15 is 0 Å². The lowest BCUT2D eigenvalue weighted by atomic mass is 10.0. The normalized spacial score (nSPS) is 12.3. The van der Waals surface area contributed by atoms with Crippen molar-refractivity contribution in [3.63, 3.8) is 0 Å². The zero-order valence-electron chi connectivity index (χ0n) is 9.71. The number of hydrogen-bond donors (Lipinski definition) is 2. The molecule has 0 aliphatic rings. The van der Waals surface area contributed by atoms with Crippen molar-refractivity contribution in [2.45, 2.75) is 19.4 Å². The molecule has 1 atom stereocenters. The Bertz CT molecular complexity index is 354. The molecule has 0 heterocycles. The van der Waals surface area contributed by atoms with Crippen LogP contribution in [0.5, 0.6) is 11.5 Å². The van der Waals surface area contributed by atoms with Gasteiger partial charge in [-0.05, 0) is 24.1 Å². The molecule has 1 aromatic rings. The highest BCUT2D eigenvalue weighted by molar-refractivity contribution is 6.32. The molecule has 1 aromatic carbocycles. The highest BCUT2D eigenvalue weighted by Gasteiger charge is 2.15. The van der Waals surface area contributed by atoms with Crippen LogP contribution in [0, 0.1) is 0 Å². The second kappa shape index (κ2) is 5.94. The van der Waals surface area contributed by atoms with Crippen LogP contribution in [-0.4, -0.2) is 14.2 Å². The third-order valence-electron chi connectivity index (χ3n) is 2.47. The van der Waals surface area contributed by atoms with Gasteiger partial charge in [-0.2, -0.15) is 0 Å². The molecule has 1 unspecified atom stereocenters. The average molecular weight is 245 g/mol. The van der Waals surface area contributed by atoms with Crippen molar-refractivity contribution < 1.29 is 9.47 Å². The Kier molecular flexibility index (Phi) is 4.86. The van der Waals surface area contributed by atoms with Crippen LogP contribution in [0.4, 0.5) is 0 Å². The molecule has 5 heteroatoms. The number of benzene rings is 1. The number of methoxy groups -OCH3 is 2. The van der Waals surface area contributed by atoms with Crippen molar-refractivity contribution >= 4 is 11.6 Å². The van der Waals surface area contributed by atoms with Gasteiger partial charge in [0, 0.05) is 6.04 Å². The minimum atomic E-state index is 0.0531. The molecule has 0 aromatic heterocycles. The third kappa shape index (κ3) is 2.58. The zero-order chi connectivity index (χ0) is 12.1. The van der Waals surface area contributed by atoms with Crippen LogP contribution in [0.1, 0.15) is 24.9 Å². The fourth-order valence-electron chi connectivity index (χ4n) is 1.59. The van der Waals surface area contributed by atoms with E-state index in [1.54, 1.807) is 14.2 Å². The van der Waals surface area contributed by atoms with Crippen LogP contribution >= 0.6 is 11.6 Å². The van der Waals surface area contributed by atoms with E-state index in [0.29, 0.717) is 16.5 Å². The summed E-state index contributed by atoms with van der Waals surface area (Å²) in [5, 5.41) is 0.519. The Morgan fingerprint density at radius 3 is 2.50 bits per heavy atom. The maximum absolute atomic E-state index is 6.10. The van der Waals surface area contributed by atoms with Gasteiger partial charge in [0.2, 0.25) is 0 Å². The highest BCUT2D eigenvalue weighted by Crippen LogP contribution is 2.37. The number of hydrazine groups is 1. The summed E-state index contributed by atoms with van der Waals surface area (Å²) < 4.78 is 10.4. The summed E-state index contributed by atoms with van der Waals surface area (Å²) in [6.07, 6.45) is 0.863. The Morgan fingerprint density at radius 1 is 1.38 bits per heavy atom. The summed E-state index contributed by atoms with van der Waals surface area (Å²) in [6, 6.07) is 3.76. The van der Waals surface area contributed by atoms with Gasteiger partial charge in [0.15, 0.2) is 11.5 Å². The molecule has 0 saturated carbocycles. The van der Waals surface area contributed by atoms with Crippen molar-refractivity contribution in [2.75, 3.05) is 14.2 Å². The van der Waals surface area contributed by atoms with Gasteiger partial charge in [-0.25, -0.2) is 0 Å². The summed E-state index contributed by atoms with van der Waals surface area (Å²) >= 11 is 6.10. The van der Waals surface area contributed by atoms with Gasteiger partial charge in [-0.15, -0.1) is 0 Å². The molecule has 0 aliphatic carbocycles. The van der Waals surface area contributed by atoms with Gasteiger partial charge in [0.05, 0.1) is 19.2 Å². The molecule has 0 aliphatic heterocycles. The standard InChI is InChI=1S/C11H17ClN2O2/c1-4-9(14-13)7-5-8(12)11(16-3)10(6-7)15-2/h5-6,9,14H,4,13H2,1-3H3. The molecule has 0 fully saturated rings. The molecule has 0 radical (unpaired) electrons. The SMILES string of the molecule is CCC(NN)c1cc(Cl)c(OC)c(OC)c1.